The Labute approximate surface area is 445 Å². The number of fused-ring (bicyclic) bond motifs is 23. The minimum atomic E-state index is 1.16. The average Bonchev–Trinajstić information content (AvgIpc) is 4.43. The molecule has 6 aromatic heterocycles. The molecule has 19 rings (SSSR count). The molecule has 0 atom stereocenters. The van der Waals surface area contributed by atoms with E-state index >= 15 is 0 Å². The summed E-state index contributed by atoms with van der Waals surface area (Å²) in [5, 5.41) is 20.4. The van der Waals surface area contributed by atoms with Crippen molar-refractivity contribution in [2.24, 2.45) is 0 Å². The molecular weight excluding hydrogens is 945 g/mol. The Balaban J connectivity index is 0.932. The molecule has 0 aliphatic rings. The van der Waals surface area contributed by atoms with Crippen molar-refractivity contribution in [1.29, 1.82) is 0 Å². The molecule has 6 heterocycles. The van der Waals surface area contributed by atoms with Crippen molar-refractivity contribution < 1.29 is 0 Å². The monoisotopic (exact) mass is 986 g/mol. The molecular formula is C74H42N4. The summed E-state index contributed by atoms with van der Waals surface area (Å²) in [5.74, 6) is 0. The largest absolute Gasteiger partial charge is 0.309 e. The fraction of sp³-hybridized carbons (Fsp3) is 0. The van der Waals surface area contributed by atoms with E-state index in [1.165, 1.54) is 169 Å². The van der Waals surface area contributed by atoms with Crippen LogP contribution < -0.4 is 0 Å². The normalized spacial score (nSPS) is 12.6. The maximum absolute atomic E-state index is 2.63. The minimum Gasteiger partial charge on any atom is -0.309 e. The van der Waals surface area contributed by atoms with Crippen LogP contribution in [0.15, 0.2) is 255 Å². The first kappa shape index (κ1) is 40.9. The Bertz CT molecular complexity index is 5790. The SMILES string of the molecule is c1ccc(-n2c3ccccc3c3cc(-c4cc5ccccc5c5c6cccc7c8c9c%10c%11ccccc%11cc%11c%12cccc(-c%13ccc%14c(c%13)c%13ccccc%13n%14-c%13ccccc%13)c%12n(c9ccc8n(c45)c76)c%11%10)ccc32)cc1. The molecule has 78 heavy (non-hydrogen) atoms. The molecule has 0 radical (unpaired) electrons. The number of hydrogen-bond acceptors (Lipinski definition) is 0. The molecule has 0 N–H and O–H groups in total. The molecule has 0 fully saturated rings. The highest BCUT2D eigenvalue weighted by molar-refractivity contribution is 6.41. The van der Waals surface area contributed by atoms with Gasteiger partial charge in [0.05, 0.1) is 55.2 Å². The number of benzene rings is 13. The predicted octanol–water partition coefficient (Wildman–Crippen LogP) is 19.8. The highest BCUT2D eigenvalue weighted by Gasteiger charge is 2.29. The molecule has 0 saturated carbocycles. The molecule has 13 aromatic carbocycles. The Hall–Kier alpha value is -10.4. The lowest BCUT2D eigenvalue weighted by Crippen LogP contribution is -1.93. The maximum atomic E-state index is 2.63. The average molecular weight is 987 g/mol. The first-order chi connectivity index (χ1) is 38.7. The van der Waals surface area contributed by atoms with Crippen molar-refractivity contribution in [1.82, 2.24) is 17.9 Å². The van der Waals surface area contributed by atoms with Crippen LogP contribution in [0, 0.1) is 0 Å². The van der Waals surface area contributed by atoms with E-state index in [1.807, 2.05) is 0 Å². The minimum absolute atomic E-state index is 1.16. The quantitative estimate of drug-likeness (QED) is 0.167. The Kier molecular flexibility index (Phi) is 7.71. The zero-order chi connectivity index (χ0) is 50.5. The van der Waals surface area contributed by atoms with E-state index in [0.29, 0.717) is 0 Å². The topological polar surface area (TPSA) is 18.7 Å². The van der Waals surface area contributed by atoms with Gasteiger partial charge in [0.1, 0.15) is 0 Å². The number of para-hydroxylation sites is 6. The lowest BCUT2D eigenvalue weighted by atomic mass is 9.94. The van der Waals surface area contributed by atoms with Gasteiger partial charge in [-0.1, -0.05) is 170 Å². The second kappa shape index (κ2) is 14.7. The molecule has 358 valence electrons. The van der Waals surface area contributed by atoms with Crippen LogP contribution in [0.5, 0.6) is 0 Å². The van der Waals surface area contributed by atoms with E-state index in [1.54, 1.807) is 0 Å². The first-order valence-corrected chi connectivity index (χ1v) is 27.1. The van der Waals surface area contributed by atoms with E-state index in [0.717, 1.165) is 5.69 Å². The number of rotatable bonds is 4. The summed E-state index contributed by atoms with van der Waals surface area (Å²) >= 11 is 0. The van der Waals surface area contributed by atoms with E-state index in [-0.39, 0.29) is 0 Å². The second-order valence-electron chi connectivity index (χ2n) is 21.5. The van der Waals surface area contributed by atoms with Crippen molar-refractivity contribution in [2.75, 3.05) is 0 Å². The molecule has 4 nitrogen and oxygen atoms in total. The van der Waals surface area contributed by atoms with Gasteiger partial charge in [-0.2, -0.15) is 0 Å². The first-order valence-electron chi connectivity index (χ1n) is 27.1. The van der Waals surface area contributed by atoms with Crippen LogP contribution in [0.4, 0.5) is 0 Å². The summed E-state index contributed by atoms with van der Waals surface area (Å²) in [7, 11) is 0. The number of aromatic nitrogens is 4. The van der Waals surface area contributed by atoms with E-state index in [9.17, 15) is 0 Å². The number of hydrogen-bond donors (Lipinski definition) is 0. The van der Waals surface area contributed by atoms with Crippen LogP contribution in [-0.4, -0.2) is 17.9 Å². The van der Waals surface area contributed by atoms with Crippen molar-refractivity contribution in [2.45, 2.75) is 0 Å². The third-order valence-electron chi connectivity index (χ3n) is 17.7. The summed E-state index contributed by atoms with van der Waals surface area (Å²) in [5.41, 5.74) is 19.5. The van der Waals surface area contributed by atoms with E-state index in [2.05, 4.69) is 273 Å². The Morgan fingerprint density at radius 2 is 0.667 bits per heavy atom. The fourth-order valence-electron chi connectivity index (χ4n) is 14.7. The van der Waals surface area contributed by atoms with Gasteiger partial charge < -0.3 is 17.9 Å². The standard InChI is InChI=1S/C74H42N4/c1-3-19-47(20-4-1)75-61-31-13-11-25-52(61)58-40-45(33-35-63(58)75)51-27-15-28-54-60-42-44-18-8-10-24-50(44)69-70-66(78(71(51)54)74(60)69)38-37-65-68(70)56-30-16-29-55-67-49-23-9-7-17-43(49)39-57(73(67)77(65)72(55)56)46-34-36-64-59(41-46)53-26-12-14-32-62(53)76(64)48-21-5-2-6-22-48/h1-42H. The van der Waals surface area contributed by atoms with Crippen LogP contribution >= 0.6 is 0 Å². The number of nitrogens with zero attached hydrogens (tertiary/aromatic N) is 4. The summed E-state index contributed by atoms with van der Waals surface area (Å²) in [4.78, 5) is 0. The lowest BCUT2D eigenvalue weighted by molar-refractivity contribution is 1.18. The van der Waals surface area contributed by atoms with E-state index < -0.39 is 0 Å². The molecule has 0 amide bonds. The highest BCUT2D eigenvalue weighted by Crippen LogP contribution is 2.52. The van der Waals surface area contributed by atoms with E-state index in [4.69, 9.17) is 0 Å². The summed E-state index contributed by atoms with van der Waals surface area (Å²) in [6.07, 6.45) is 0. The van der Waals surface area contributed by atoms with Crippen LogP contribution in [-0.2, 0) is 0 Å². The third kappa shape index (κ3) is 5.06. The lowest BCUT2D eigenvalue weighted by Gasteiger charge is -2.12. The summed E-state index contributed by atoms with van der Waals surface area (Å²) in [6, 6.07) is 95.3. The molecule has 0 unspecified atom stereocenters. The third-order valence-corrected chi connectivity index (χ3v) is 17.7. The van der Waals surface area contributed by atoms with Gasteiger partial charge in [0.15, 0.2) is 0 Å². The maximum Gasteiger partial charge on any atom is 0.0627 e. The van der Waals surface area contributed by atoms with Gasteiger partial charge in [0.2, 0.25) is 0 Å². The van der Waals surface area contributed by atoms with Gasteiger partial charge in [-0.15, -0.1) is 0 Å². The predicted molar refractivity (Wildman–Crippen MR) is 330 cm³/mol. The van der Waals surface area contributed by atoms with Crippen LogP contribution in [0.3, 0.4) is 0 Å². The zero-order valence-corrected chi connectivity index (χ0v) is 42.0. The molecule has 0 saturated heterocycles. The zero-order valence-electron chi connectivity index (χ0n) is 42.0. The Morgan fingerprint density at radius 3 is 1.32 bits per heavy atom. The van der Waals surface area contributed by atoms with Crippen molar-refractivity contribution in [3.8, 4) is 33.6 Å². The molecule has 0 bridgehead atoms. The van der Waals surface area contributed by atoms with Gasteiger partial charge in [0, 0.05) is 87.1 Å². The molecule has 0 aliphatic heterocycles. The van der Waals surface area contributed by atoms with Crippen molar-refractivity contribution >= 4 is 141 Å². The van der Waals surface area contributed by atoms with Gasteiger partial charge in [0.25, 0.3) is 0 Å². The van der Waals surface area contributed by atoms with Gasteiger partial charge in [-0.25, -0.2) is 0 Å². The smallest absolute Gasteiger partial charge is 0.0627 e. The summed E-state index contributed by atoms with van der Waals surface area (Å²) in [6.45, 7) is 0. The second-order valence-corrected chi connectivity index (χ2v) is 21.5. The molecule has 19 aromatic rings. The van der Waals surface area contributed by atoms with Crippen LogP contribution in [0.25, 0.3) is 175 Å². The highest BCUT2D eigenvalue weighted by atomic mass is 15.0. The summed E-state index contributed by atoms with van der Waals surface area (Å²) < 4.78 is 10.1. The van der Waals surface area contributed by atoms with Crippen LogP contribution in [0.2, 0.25) is 0 Å². The van der Waals surface area contributed by atoms with Crippen molar-refractivity contribution in [3.05, 3.63) is 255 Å². The molecule has 0 aliphatic carbocycles. The fourth-order valence-corrected chi connectivity index (χ4v) is 14.7. The van der Waals surface area contributed by atoms with Gasteiger partial charge in [-0.05, 0) is 118 Å². The molecule has 0 spiro atoms. The van der Waals surface area contributed by atoms with Crippen LogP contribution in [0.1, 0.15) is 0 Å². The molecule has 4 heteroatoms. The van der Waals surface area contributed by atoms with Gasteiger partial charge in [-0.3, -0.25) is 0 Å². The Morgan fingerprint density at radius 1 is 0.205 bits per heavy atom. The van der Waals surface area contributed by atoms with Crippen molar-refractivity contribution in [3.63, 3.8) is 0 Å². The van der Waals surface area contributed by atoms with Gasteiger partial charge >= 0.3 is 0 Å².